The molecule has 0 bridgehead atoms. The molecule has 0 atom stereocenters. The number of aryl methyl sites for hydroxylation is 2. The molecule has 7 nitrogen and oxygen atoms in total. The molecule has 3 rings (SSSR count). The Bertz CT molecular complexity index is 1120. The van der Waals surface area contributed by atoms with Gasteiger partial charge in [-0.05, 0) is 38.5 Å². The van der Waals surface area contributed by atoms with E-state index in [-0.39, 0.29) is 0 Å². The lowest BCUT2D eigenvalue weighted by atomic mass is 10.1. The van der Waals surface area contributed by atoms with Crippen LogP contribution in [0.15, 0.2) is 30.3 Å². The summed E-state index contributed by atoms with van der Waals surface area (Å²) in [4.78, 5) is 42.1. The lowest BCUT2D eigenvalue weighted by molar-refractivity contribution is -0.119. The van der Waals surface area contributed by atoms with Crippen molar-refractivity contribution in [1.29, 1.82) is 0 Å². The quantitative estimate of drug-likeness (QED) is 0.641. The standard InChI is InChI=1S/C21H20N2O5S/c1-11-9-15(14-7-5-6-8-16(14)22-11)20(25)28-10-17(24)23-19-18(21(26)27-4)12(2)13(3)29-19/h5-9H,10H2,1-4H3,(H,23,24). The molecule has 0 spiro atoms. The van der Waals surface area contributed by atoms with Gasteiger partial charge in [-0.25, -0.2) is 9.59 Å². The van der Waals surface area contributed by atoms with Gasteiger partial charge in [0.25, 0.3) is 5.91 Å². The van der Waals surface area contributed by atoms with Gasteiger partial charge in [0.1, 0.15) is 5.00 Å². The number of hydrogen-bond donors (Lipinski definition) is 1. The molecule has 3 aromatic rings. The zero-order chi connectivity index (χ0) is 21.1. The Hall–Kier alpha value is -3.26. The van der Waals surface area contributed by atoms with Crippen molar-refractivity contribution in [2.45, 2.75) is 20.8 Å². The zero-order valence-electron chi connectivity index (χ0n) is 16.5. The Morgan fingerprint density at radius 3 is 2.55 bits per heavy atom. The number of thiophene rings is 1. The first kappa shape index (κ1) is 20.5. The molecule has 0 saturated heterocycles. The van der Waals surface area contributed by atoms with E-state index in [2.05, 4.69) is 10.3 Å². The summed E-state index contributed by atoms with van der Waals surface area (Å²) in [6.07, 6.45) is 0. The maximum absolute atomic E-state index is 12.5. The van der Waals surface area contributed by atoms with Gasteiger partial charge in [0, 0.05) is 16.0 Å². The smallest absolute Gasteiger partial charge is 0.341 e. The number of anilines is 1. The number of pyridine rings is 1. The predicted octanol–water partition coefficient (Wildman–Crippen LogP) is 3.80. The van der Waals surface area contributed by atoms with Crippen molar-refractivity contribution >= 4 is 45.1 Å². The third-order valence-corrected chi connectivity index (χ3v) is 5.55. The monoisotopic (exact) mass is 412 g/mol. The number of ether oxygens (including phenoxy) is 2. The fourth-order valence-electron chi connectivity index (χ4n) is 2.91. The lowest BCUT2D eigenvalue weighted by Crippen LogP contribution is -2.22. The molecule has 2 aromatic heterocycles. The van der Waals surface area contributed by atoms with Crippen molar-refractivity contribution in [2.75, 3.05) is 19.0 Å². The molecule has 0 radical (unpaired) electrons. The Kier molecular flexibility index (Phi) is 5.93. The molecule has 1 N–H and O–H groups in total. The number of esters is 2. The summed E-state index contributed by atoms with van der Waals surface area (Å²) >= 11 is 1.27. The molecule has 0 aliphatic heterocycles. The van der Waals surface area contributed by atoms with Gasteiger partial charge in [-0.15, -0.1) is 11.3 Å². The first-order valence-corrected chi connectivity index (χ1v) is 9.65. The van der Waals surface area contributed by atoms with E-state index in [0.29, 0.717) is 32.7 Å². The number of nitrogens with one attached hydrogen (secondary N) is 1. The second kappa shape index (κ2) is 8.40. The maximum atomic E-state index is 12.5. The summed E-state index contributed by atoms with van der Waals surface area (Å²) in [5.41, 5.74) is 2.75. The van der Waals surface area contributed by atoms with Crippen LogP contribution in [0.1, 0.15) is 36.9 Å². The molecule has 8 heteroatoms. The van der Waals surface area contributed by atoms with Gasteiger partial charge in [0.2, 0.25) is 0 Å². The molecule has 1 amide bonds. The summed E-state index contributed by atoms with van der Waals surface area (Å²) in [7, 11) is 1.28. The van der Waals surface area contributed by atoms with Crippen LogP contribution in [-0.4, -0.2) is 36.5 Å². The molecule has 1 aromatic carbocycles. The van der Waals surface area contributed by atoms with E-state index in [1.54, 1.807) is 32.0 Å². The second-order valence-electron chi connectivity index (χ2n) is 6.43. The van der Waals surface area contributed by atoms with Crippen LogP contribution in [0, 0.1) is 20.8 Å². The number of carbonyl (C=O) groups is 3. The average Bonchev–Trinajstić information content (AvgIpc) is 2.98. The van der Waals surface area contributed by atoms with Crippen LogP contribution < -0.4 is 5.32 Å². The van der Waals surface area contributed by atoms with Crippen LogP contribution in [-0.2, 0) is 14.3 Å². The van der Waals surface area contributed by atoms with E-state index in [1.165, 1.54) is 18.4 Å². The molecule has 29 heavy (non-hydrogen) atoms. The van der Waals surface area contributed by atoms with Crippen molar-refractivity contribution in [1.82, 2.24) is 4.98 Å². The number of fused-ring (bicyclic) bond motifs is 1. The molecule has 2 heterocycles. The molecule has 150 valence electrons. The van der Waals surface area contributed by atoms with Crippen LogP contribution in [0.2, 0.25) is 0 Å². The van der Waals surface area contributed by atoms with E-state index >= 15 is 0 Å². The van der Waals surface area contributed by atoms with Gasteiger partial charge in [-0.1, -0.05) is 18.2 Å². The van der Waals surface area contributed by atoms with Gasteiger partial charge in [-0.3, -0.25) is 9.78 Å². The Labute approximate surface area is 171 Å². The molecule has 0 aliphatic carbocycles. The highest BCUT2D eigenvalue weighted by Crippen LogP contribution is 2.32. The normalized spacial score (nSPS) is 10.6. The Morgan fingerprint density at radius 2 is 1.83 bits per heavy atom. The first-order chi connectivity index (χ1) is 13.8. The molecule has 0 unspecified atom stereocenters. The van der Waals surface area contributed by atoms with Gasteiger partial charge < -0.3 is 14.8 Å². The molecule has 0 saturated carbocycles. The minimum Gasteiger partial charge on any atom is -0.465 e. The highest BCUT2D eigenvalue weighted by atomic mass is 32.1. The van der Waals surface area contributed by atoms with Crippen LogP contribution in [0.4, 0.5) is 5.00 Å². The van der Waals surface area contributed by atoms with Crippen molar-refractivity contribution in [3.8, 4) is 0 Å². The zero-order valence-corrected chi connectivity index (χ0v) is 17.3. The maximum Gasteiger partial charge on any atom is 0.341 e. The van der Waals surface area contributed by atoms with E-state index in [1.807, 2.05) is 19.1 Å². The van der Waals surface area contributed by atoms with Crippen molar-refractivity contribution in [3.63, 3.8) is 0 Å². The predicted molar refractivity (Wildman–Crippen MR) is 111 cm³/mol. The largest absolute Gasteiger partial charge is 0.465 e. The fraction of sp³-hybridized carbons (Fsp3) is 0.238. The third kappa shape index (κ3) is 4.27. The van der Waals surface area contributed by atoms with Crippen LogP contribution >= 0.6 is 11.3 Å². The van der Waals surface area contributed by atoms with Gasteiger partial charge in [0.15, 0.2) is 6.61 Å². The highest BCUT2D eigenvalue weighted by molar-refractivity contribution is 7.16. The third-order valence-electron chi connectivity index (χ3n) is 4.43. The summed E-state index contributed by atoms with van der Waals surface area (Å²) in [5.74, 6) is -1.69. The summed E-state index contributed by atoms with van der Waals surface area (Å²) in [6.45, 7) is 4.93. The highest BCUT2D eigenvalue weighted by Gasteiger charge is 2.22. The topological polar surface area (TPSA) is 94.6 Å². The van der Waals surface area contributed by atoms with Crippen molar-refractivity contribution in [3.05, 3.63) is 57.6 Å². The SMILES string of the molecule is COC(=O)c1c(NC(=O)COC(=O)c2cc(C)nc3ccccc23)sc(C)c1C. The van der Waals surface area contributed by atoms with Gasteiger partial charge in [0.05, 0.1) is 23.8 Å². The molecular formula is C21H20N2O5S. The molecule has 0 aliphatic rings. The number of rotatable bonds is 5. The number of nitrogens with zero attached hydrogens (tertiary/aromatic N) is 1. The fourth-order valence-corrected chi connectivity index (χ4v) is 3.98. The molecule has 0 fully saturated rings. The number of amides is 1. The summed E-state index contributed by atoms with van der Waals surface area (Å²) in [5, 5.41) is 3.66. The number of aromatic nitrogens is 1. The Morgan fingerprint density at radius 1 is 1.10 bits per heavy atom. The number of methoxy groups -OCH3 is 1. The van der Waals surface area contributed by atoms with Crippen molar-refractivity contribution < 1.29 is 23.9 Å². The lowest BCUT2D eigenvalue weighted by Gasteiger charge is -2.09. The number of benzene rings is 1. The first-order valence-electron chi connectivity index (χ1n) is 8.83. The minimum atomic E-state index is -0.617. The summed E-state index contributed by atoms with van der Waals surface area (Å²) in [6, 6.07) is 8.85. The average molecular weight is 412 g/mol. The summed E-state index contributed by atoms with van der Waals surface area (Å²) < 4.78 is 9.98. The van der Waals surface area contributed by atoms with Crippen molar-refractivity contribution in [2.24, 2.45) is 0 Å². The van der Waals surface area contributed by atoms with Crippen LogP contribution in [0.3, 0.4) is 0 Å². The minimum absolute atomic E-state index is 0.311. The number of para-hydroxylation sites is 1. The van der Waals surface area contributed by atoms with E-state index in [4.69, 9.17) is 9.47 Å². The second-order valence-corrected chi connectivity index (χ2v) is 7.66. The number of carbonyl (C=O) groups excluding carboxylic acids is 3. The van der Waals surface area contributed by atoms with Crippen LogP contribution in [0.25, 0.3) is 10.9 Å². The van der Waals surface area contributed by atoms with E-state index in [0.717, 1.165) is 10.4 Å². The van der Waals surface area contributed by atoms with Gasteiger partial charge in [-0.2, -0.15) is 0 Å². The van der Waals surface area contributed by atoms with Crippen LogP contribution in [0.5, 0.6) is 0 Å². The number of hydrogen-bond acceptors (Lipinski definition) is 7. The Balaban J connectivity index is 1.73. The molecular weight excluding hydrogens is 392 g/mol. The van der Waals surface area contributed by atoms with E-state index in [9.17, 15) is 14.4 Å². The van der Waals surface area contributed by atoms with Gasteiger partial charge >= 0.3 is 11.9 Å². The van der Waals surface area contributed by atoms with E-state index < -0.39 is 24.5 Å².